The molecule has 0 radical (unpaired) electrons. The molecule has 0 fully saturated rings. The molecule has 0 bridgehead atoms. The molecular weight excluding hydrogens is 349 g/mol. The van der Waals surface area contributed by atoms with Crippen LogP contribution in [0.2, 0.25) is 0 Å². The zero-order chi connectivity index (χ0) is 18.1. The minimum absolute atomic E-state index is 0.263. The van der Waals surface area contributed by atoms with Crippen LogP contribution in [0.5, 0.6) is 0 Å². The zero-order valence-corrected chi connectivity index (χ0v) is 13.1. The number of para-hydroxylation sites is 1. The van der Waals surface area contributed by atoms with E-state index >= 15 is 0 Å². The number of rotatable bonds is 5. The molecule has 2 atom stereocenters. The number of amides is 1. The fourth-order valence-corrected chi connectivity index (χ4v) is 3.01. The van der Waals surface area contributed by atoms with Crippen LogP contribution in [0.4, 0.5) is 13.2 Å². The van der Waals surface area contributed by atoms with Crippen molar-refractivity contribution in [1.29, 1.82) is 0 Å². The lowest BCUT2D eigenvalue weighted by Crippen LogP contribution is -2.48. The molecule has 6 nitrogen and oxygen atoms in total. The van der Waals surface area contributed by atoms with Crippen molar-refractivity contribution in [3.05, 3.63) is 29.3 Å². The summed E-state index contributed by atoms with van der Waals surface area (Å²) < 4.78 is 40.6. The molecule has 1 aromatic heterocycles. The largest absolute Gasteiger partial charge is 0.480 e. The third-order valence-electron chi connectivity index (χ3n) is 3.28. The van der Waals surface area contributed by atoms with Crippen molar-refractivity contribution in [2.75, 3.05) is 0 Å². The van der Waals surface area contributed by atoms with Crippen molar-refractivity contribution in [1.82, 2.24) is 10.3 Å². The van der Waals surface area contributed by atoms with E-state index in [0.29, 0.717) is 16.0 Å². The lowest BCUT2D eigenvalue weighted by molar-refractivity contribution is -0.267. The molecule has 1 amide bonds. The fourth-order valence-electron chi connectivity index (χ4n) is 1.93. The van der Waals surface area contributed by atoms with Crippen LogP contribution in [0.1, 0.15) is 18.4 Å². The molecule has 0 saturated heterocycles. The molecule has 2 rings (SSSR count). The predicted molar refractivity (Wildman–Crippen MR) is 79.4 cm³/mol. The third kappa shape index (κ3) is 3.49. The van der Waals surface area contributed by atoms with E-state index in [1.54, 1.807) is 18.2 Å². The number of carboxylic acids is 1. The summed E-state index contributed by atoms with van der Waals surface area (Å²) in [6, 6.07) is 4.83. The highest BCUT2D eigenvalue weighted by Crippen LogP contribution is 2.44. The number of nitrogens with zero attached hydrogens (tertiary/aromatic N) is 1. The molecule has 3 N–H and O–H groups in total. The standard InChI is InChI=1S/C14H13F3N2O4S/c1-7(11(21)22)18-10(20)6-13(23,14(15,16)17)12-19-8-4-2-3-5-9(8)24-12/h2-5,7,23H,6H2,1H3,(H,18,20)(H,21,22)/t7-,13?/m1/s1. The van der Waals surface area contributed by atoms with Gasteiger partial charge in [0.15, 0.2) is 0 Å². The highest BCUT2D eigenvalue weighted by atomic mass is 32.1. The van der Waals surface area contributed by atoms with Crippen LogP contribution < -0.4 is 5.32 Å². The number of nitrogens with one attached hydrogen (secondary N) is 1. The number of halogens is 3. The van der Waals surface area contributed by atoms with E-state index in [0.717, 1.165) is 6.92 Å². The van der Waals surface area contributed by atoms with Crippen molar-refractivity contribution in [3.63, 3.8) is 0 Å². The molecule has 0 aliphatic heterocycles. The lowest BCUT2D eigenvalue weighted by atomic mass is 9.99. The smallest absolute Gasteiger partial charge is 0.424 e. The zero-order valence-electron chi connectivity index (χ0n) is 12.3. The van der Waals surface area contributed by atoms with Crippen LogP contribution in [-0.2, 0) is 15.2 Å². The van der Waals surface area contributed by atoms with Crippen molar-refractivity contribution in [2.45, 2.75) is 31.2 Å². The quantitative estimate of drug-likeness (QED) is 0.756. The minimum Gasteiger partial charge on any atom is -0.480 e. The number of carbonyl (C=O) groups is 2. The summed E-state index contributed by atoms with van der Waals surface area (Å²) in [7, 11) is 0. The molecule has 2 aromatic rings. The van der Waals surface area contributed by atoms with Crippen LogP contribution in [0.15, 0.2) is 24.3 Å². The number of hydrogen-bond acceptors (Lipinski definition) is 5. The second kappa shape index (κ2) is 6.36. The maximum Gasteiger partial charge on any atom is 0.424 e. The number of alkyl halides is 3. The molecule has 1 heterocycles. The first kappa shape index (κ1) is 18.1. The van der Waals surface area contributed by atoms with E-state index in [4.69, 9.17) is 5.11 Å². The van der Waals surface area contributed by atoms with Crippen LogP contribution in [-0.4, -0.2) is 39.3 Å². The number of carboxylic acid groups (broad SMARTS) is 1. The monoisotopic (exact) mass is 362 g/mol. The Kier molecular flexibility index (Phi) is 4.81. The second-order valence-electron chi connectivity index (χ2n) is 5.15. The van der Waals surface area contributed by atoms with Crippen molar-refractivity contribution >= 4 is 33.4 Å². The van der Waals surface area contributed by atoms with Gasteiger partial charge in [-0.2, -0.15) is 13.2 Å². The van der Waals surface area contributed by atoms with Crippen molar-refractivity contribution in [2.24, 2.45) is 0 Å². The number of thiazole rings is 1. The molecule has 0 saturated carbocycles. The van der Waals surface area contributed by atoms with E-state index in [-0.39, 0.29) is 5.52 Å². The number of aromatic nitrogens is 1. The number of benzene rings is 1. The van der Waals surface area contributed by atoms with Crippen molar-refractivity contribution in [3.8, 4) is 0 Å². The van der Waals surface area contributed by atoms with Gasteiger partial charge in [-0.15, -0.1) is 11.3 Å². The normalized spacial score (nSPS) is 15.7. The maximum absolute atomic E-state index is 13.4. The summed E-state index contributed by atoms with van der Waals surface area (Å²) in [5.41, 5.74) is -3.24. The second-order valence-corrected chi connectivity index (χ2v) is 6.18. The van der Waals surface area contributed by atoms with E-state index in [9.17, 15) is 27.9 Å². The maximum atomic E-state index is 13.4. The first-order chi connectivity index (χ1) is 11.0. The molecule has 0 aliphatic rings. The number of aliphatic carboxylic acids is 1. The van der Waals surface area contributed by atoms with Crippen LogP contribution in [0, 0.1) is 0 Å². The van der Waals surface area contributed by atoms with Gasteiger partial charge in [-0.3, -0.25) is 9.59 Å². The van der Waals surface area contributed by atoms with Gasteiger partial charge in [0.05, 0.1) is 16.6 Å². The highest BCUT2D eigenvalue weighted by Gasteiger charge is 2.58. The Morgan fingerprint density at radius 3 is 2.50 bits per heavy atom. The highest BCUT2D eigenvalue weighted by molar-refractivity contribution is 7.18. The van der Waals surface area contributed by atoms with Gasteiger partial charge < -0.3 is 15.5 Å². The first-order valence-electron chi connectivity index (χ1n) is 6.72. The van der Waals surface area contributed by atoms with Gasteiger partial charge in [0.2, 0.25) is 11.5 Å². The van der Waals surface area contributed by atoms with Gasteiger partial charge in [0, 0.05) is 0 Å². The Balaban J connectivity index is 2.36. The number of aliphatic hydroxyl groups is 1. The van der Waals surface area contributed by atoms with Gasteiger partial charge >= 0.3 is 12.1 Å². The average molecular weight is 362 g/mol. The van der Waals surface area contributed by atoms with Crippen LogP contribution in [0.3, 0.4) is 0 Å². The molecular formula is C14H13F3N2O4S. The van der Waals surface area contributed by atoms with E-state index in [2.05, 4.69) is 4.98 Å². The number of carbonyl (C=O) groups excluding carboxylic acids is 1. The van der Waals surface area contributed by atoms with Gasteiger partial charge in [-0.05, 0) is 19.1 Å². The summed E-state index contributed by atoms with van der Waals surface area (Å²) in [5, 5.41) is 20.1. The summed E-state index contributed by atoms with van der Waals surface area (Å²) in [6.45, 7) is 1.10. The fraction of sp³-hybridized carbons (Fsp3) is 0.357. The first-order valence-corrected chi connectivity index (χ1v) is 7.53. The van der Waals surface area contributed by atoms with E-state index in [1.165, 1.54) is 6.07 Å². The summed E-state index contributed by atoms with van der Waals surface area (Å²) >= 11 is 0.621. The average Bonchev–Trinajstić information content (AvgIpc) is 2.89. The molecule has 10 heteroatoms. The number of fused-ring (bicyclic) bond motifs is 1. The molecule has 0 aliphatic carbocycles. The van der Waals surface area contributed by atoms with E-state index < -0.39 is 41.1 Å². The summed E-state index contributed by atoms with van der Waals surface area (Å²) in [4.78, 5) is 26.2. The topological polar surface area (TPSA) is 99.5 Å². The van der Waals surface area contributed by atoms with Crippen molar-refractivity contribution < 1.29 is 33.0 Å². The minimum atomic E-state index is -5.16. The predicted octanol–water partition coefficient (Wildman–Crippen LogP) is 2.03. The number of hydrogen-bond donors (Lipinski definition) is 3. The Hall–Kier alpha value is -2.20. The molecule has 24 heavy (non-hydrogen) atoms. The van der Waals surface area contributed by atoms with Gasteiger partial charge in [0.25, 0.3) is 0 Å². The van der Waals surface area contributed by atoms with Gasteiger partial charge in [-0.1, -0.05) is 12.1 Å². The molecule has 0 spiro atoms. The Bertz CT molecular complexity index is 744. The Morgan fingerprint density at radius 2 is 1.96 bits per heavy atom. The summed E-state index contributed by atoms with van der Waals surface area (Å²) in [5.74, 6) is -2.65. The van der Waals surface area contributed by atoms with E-state index in [1.807, 2.05) is 5.32 Å². The lowest BCUT2D eigenvalue weighted by Gasteiger charge is -2.28. The Morgan fingerprint density at radius 1 is 1.33 bits per heavy atom. The van der Waals surface area contributed by atoms with Crippen LogP contribution >= 0.6 is 11.3 Å². The molecule has 1 unspecified atom stereocenters. The van der Waals surface area contributed by atoms with Gasteiger partial charge in [-0.25, -0.2) is 4.98 Å². The Labute approximate surface area is 137 Å². The molecule has 1 aromatic carbocycles. The van der Waals surface area contributed by atoms with Gasteiger partial charge in [0.1, 0.15) is 11.0 Å². The summed E-state index contributed by atoms with van der Waals surface area (Å²) in [6.07, 6.45) is -6.54. The SMILES string of the molecule is C[C@@H](NC(=O)CC(O)(c1nc2ccccc2s1)C(F)(F)F)C(=O)O. The van der Waals surface area contributed by atoms with Crippen LogP contribution in [0.25, 0.3) is 10.2 Å². The molecule has 130 valence electrons. The third-order valence-corrected chi connectivity index (χ3v) is 4.47.